The van der Waals surface area contributed by atoms with E-state index in [9.17, 15) is 0 Å². The van der Waals surface area contributed by atoms with Crippen LogP contribution in [0.25, 0.3) is 0 Å². The minimum atomic E-state index is 0.472. The Bertz CT molecular complexity index is 686. The summed E-state index contributed by atoms with van der Waals surface area (Å²) in [5.74, 6) is 2.08. The van der Waals surface area contributed by atoms with Crippen LogP contribution in [-0.4, -0.2) is 60.2 Å². The van der Waals surface area contributed by atoms with Gasteiger partial charge in [-0.2, -0.15) is 0 Å². The smallest absolute Gasteiger partial charge is 0.225 e. The van der Waals surface area contributed by atoms with Gasteiger partial charge in [0, 0.05) is 43.6 Å². The molecule has 0 spiro atoms. The van der Waals surface area contributed by atoms with Gasteiger partial charge in [0.1, 0.15) is 12.4 Å². The third-order valence-corrected chi connectivity index (χ3v) is 4.14. The number of ether oxygens (including phenoxy) is 1. The summed E-state index contributed by atoms with van der Waals surface area (Å²) in [5, 5.41) is 0.690. The quantitative estimate of drug-likeness (QED) is 0.496. The molecule has 0 amide bonds. The minimum absolute atomic E-state index is 0.472. The van der Waals surface area contributed by atoms with Crippen molar-refractivity contribution in [2.75, 3.05) is 44.2 Å². The molecule has 1 aliphatic rings. The second kappa shape index (κ2) is 8.53. The number of aromatic nitrogens is 2. The van der Waals surface area contributed by atoms with Crippen LogP contribution in [0.4, 0.5) is 5.95 Å². The number of piperazine rings is 1. The monoisotopic (exact) mass is 360 g/mol. The van der Waals surface area contributed by atoms with Gasteiger partial charge in [0.15, 0.2) is 5.96 Å². The van der Waals surface area contributed by atoms with Gasteiger partial charge in [0.2, 0.25) is 5.95 Å². The fourth-order valence-electron chi connectivity index (χ4n) is 2.54. The number of guanidine groups is 1. The van der Waals surface area contributed by atoms with Gasteiger partial charge in [-0.3, -0.25) is 0 Å². The summed E-state index contributed by atoms with van der Waals surface area (Å²) in [6, 6.07) is 9.08. The lowest BCUT2D eigenvalue weighted by atomic mass is 10.3. The molecule has 0 bridgehead atoms. The van der Waals surface area contributed by atoms with Gasteiger partial charge < -0.3 is 20.3 Å². The zero-order valence-electron chi connectivity index (χ0n) is 13.9. The van der Waals surface area contributed by atoms with E-state index in [1.807, 2.05) is 18.2 Å². The standard InChI is InChI=1S/C17H21ClN6O/c18-14-2-4-15(5-3-14)25-13-8-20-16(19)23-9-11-24(12-10-23)17-21-6-1-7-22-17/h1-7H,8-13H2,(H2,19,20). The molecule has 0 unspecified atom stereocenters. The Hall–Kier alpha value is -2.54. The molecular formula is C17H21ClN6O. The lowest BCUT2D eigenvalue weighted by Crippen LogP contribution is -2.51. The zero-order chi connectivity index (χ0) is 17.5. The molecule has 0 saturated carbocycles. The highest BCUT2D eigenvalue weighted by molar-refractivity contribution is 6.30. The Morgan fingerprint density at radius 2 is 1.80 bits per heavy atom. The van der Waals surface area contributed by atoms with Crippen LogP contribution in [0.5, 0.6) is 5.75 Å². The van der Waals surface area contributed by atoms with Crippen molar-refractivity contribution in [3.8, 4) is 5.75 Å². The van der Waals surface area contributed by atoms with Crippen LogP contribution in [0.1, 0.15) is 0 Å². The van der Waals surface area contributed by atoms with E-state index in [4.69, 9.17) is 22.1 Å². The van der Waals surface area contributed by atoms with Gasteiger partial charge in [-0.05, 0) is 30.3 Å². The summed E-state index contributed by atoms with van der Waals surface area (Å²) in [5.41, 5.74) is 6.09. The molecule has 1 aromatic heterocycles. The van der Waals surface area contributed by atoms with Gasteiger partial charge >= 0.3 is 0 Å². The molecule has 2 aromatic rings. The van der Waals surface area contributed by atoms with Crippen molar-refractivity contribution in [3.05, 3.63) is 47.7 Å². The fourth-order valence-corrected chi connectivity index (χ4v) is 2.67. The predicted molar refractivity (Wildman–Crippen MR) is 99.3 cm³/mol. The number of nitrogens with two attached hydrogens (primary N) is 1. The highest BCUT2D eigenvalue weighted by Gasteiger charge is 2.19. The van der Waals surface area contributed by atoms with E-state index in [0.29, 0.717) is 24.1 Å². The molecule has 0 radical (unpaired) electrons. The summed E-state index contributed by atoms with van der Waals surface area (Å²) in [6.07, 6.45) is 3.51. The van der Waals surface area contributed by atoms with Crippen LogP contribution < -0.4 is 15.4 Å². The van der Waals surface area contributed by atoms with Crippen LogP contribution >= 0.6 is 11.6 Å². The average molecular weight is 361 g/mol. The van der Waals surface area contributed by atoms with Crippen molar-refractivity contribution >= 4 is 23.5 Å². The summed E-state index contributed by atoms with van der Waals surface area (Å²) in [4.78, 5) is 17.2. The Kier molecular flexibility index (Phi) is 5.90. The third kappa shape index (κ3) is 4.96. The van der Waals surface area contributed by atoms with Crippen LogP contribution in [0.15, 0.2) is 47.7 Å². The van der Waals surface area contributed by atoms with E-state index in [2.05, 4.69) is 24.8 Å². The maximum Gasteiger partial charge on any atom is 0.225 e. The van der Waals surface area contributed by atoms with E-state index in [1.165, 1.54) is 0 Å². The molecular weight excluding hydrogens is 340 g/mol. The molecule has 0 atom stereocenters. The lowest BCUT2D eigenvalue weighted by Gasteiger charge is -2.35. The molecule has 8 heteroatoms. The van der Waals surface area contributed by atoms with E-state index in [-0.39, 0.29) is 0 Å². The number of rotatable bonds is 5. The first-order valence-electron chi connectivity index (χ1n) is 8.17. The van der Waals surface area contributed by atoms with Gasteiger partial charge in [-0.15, -0.1) is 0 Å². The molecule has 1 saturated heterocycles. The number of benzene rings is 1. The van der Waals surface area contributed by atoms with E-state index < -0.39 is 0 Å². The Morgan fingerprint density at radius 1 is 1.12 bits per heavy atom. The number of aliphatic imine (C=N–C) groups is 1. The minimum Gasteiger partial charge on any atom is -0.492 e. The topological polar surface area (TPSA) is 79.9 Å². The van der Waals surface area contributed by atoms with Crippen molar-refractivity contribution in [1.29, 1.82) is 0 Å². The van der Waals surface area contributed by atoms with E-state index >= 15 is 0 Å². The molecule has 7 nitrogen and oxygen atoms in total. The number of hydrogen-bond donors (Lipinski definition) is 1. The Labute approximate surface area is 152 Å². The molecule has 25 heavy (non-hydrogen) atoms. The first-order chi connectivity index (χ1) is 12.2. The number of anilines is 1. The average Bonchev–Trinajstić information content (AvgIpc) is 2.67. The summed E-state index contributed by atoms with van der Waals surface area (Å²) in [7, 11) is 0. The highest BCUT2D eigenvalue weighted by Crippen LogP contribution is 2.15. The number of nitrogens with zero attached hydrogens (tertiary/aromatic N) is 5. The molecule has 1 aliphatic heterocycles. The maximum absolute atomic E-state index is 6.09. The van der Waals surface area contributed by atoms with Gasteiger partial charge in [0.05, 0.1) is 6.54 Å². The van der Waals surface area contributed by atoms with E-state index in [1.54, 1.807) is 24.5 Å². The first kappa shape index (κ1) is 17.3. The zero-order valence-corrected chi connectivity index (χ0v) is 14.6. The molecule has 1 fully saturated rings. The second-order valence-corrected chi connectivity index (χ2v) is 6.00. The van der Waals surface area contributed by atoms with Gasteiger partial charge in [-0.25, -0.2) is 15.0 Å². The largest absolute Gasteiger partial charge is 0.492 e. The number of halogens is 1. The Morgan fingerprint density at radius 3 is 2.48 bits per heavy atom. The normalized spacial score (nSPS) is 15.3. The van der Waals surface area contributed by atoms with Crippen LogP contribution in [-0.2, 0) is 0 Å². The van der Waals surface area contributed by atoms with Crippen LogP contribution in [0.2, 0.25) is 5.02 Å². The summed E-state index contributed by atoms with van der Waals surface area (Å²) in [6.45, 7) is 4.22. The SMILES string of the molecule is NC(=NCCOc1ccc(Cl)cc1)N1CCN(c2ncccn2)CC1. The van der Waals surface area contributed by atoms with Crippen LogP contribution in [0.3, 0.4) is 0 Å². The van der Waals surface area contributed by atoms with Crippen molar-refractivity contribution in [1.82, 2.24) is 14.9 Å². The lowest BCUT2D eigenvalue weighted by molar-refractivity contribution is 0.326. The predicted octanol–water partition coefficient (Wildman–Crippen LogP) is 1.65. The van der Waals surface area contributed by atoms with Gasteiger partial charge in [-0.1, -0.05) is 11.6 Å². The summed E-state index contributed by atoms with van der Waals surface area (Å²) >= 11 is 5.84. The number of hydrogen-bond acceptors (Lipinski definition) is 5. The molecule has 3 rings (SSSR count). The van der Waals surface area contributed by atoms with Gasteiger partial charge in [0.25, 0.3) is 0 Å². The highest BCUT2D eigenvalue weighted by atomic mass is 35.5. The summed E-state index contributed by atoms with van der Waals surface area (Å²) < 4.78 is 5.61. The van der Waals surface area contributed by atoms with Crippen LogP contribution in [0, 0.1) is 0 Å². The molecule has 2 N–H and O–H groups in total. The third-order valence-electron chi connectivity index (χ3n) is 3.89. The first-order valence-corrected chi connectivity index (χ1v) is 8.55. The molecule has 2 heterocycles. The van der Waals surface area contributed by atoms with Crippen molar-refractivity contribution in [2.24, 2.45) is 10.7 Å². The molecule has 1 aromatic carbocycles. The Balaban J connectivity index is 1.42. The molecule has 0 aliphatic carbocycles. The van der Waals surface area contributed by atoms with E-state index in [0.717, 1.165) is 37.9 Å². The van der Waals surface area contributed by atoms with Crippen molar-refractivity contribution < 1.29 is 4.74 Å². The fraction of sp³-hybridized carbons (Fsp3) is 0.353. The van der Waals surface area contributed by atoms with Crippen molar-refractivity contribution in [3.63, 3.8) is 0 Å². The van der Waals surface area contributed by atoms with Crippen molar-refractivity contribution in [2.45, 2.75) is 0 Å². The maximum atomic E-state index is 6.09. The molecule has 132 valence electrons. The second-order valence-electron chi connectivity index (χ2n) is 5.57.